The molecule has 5 rings (SSSR count). The molecule has 0 radical (unpaired) electrons. The third-order valence-corrected chi connectivity index (χ3v) is 7.37. The summed E-state index contributed by atoms with van der Waals surface area (Å²) in [4.78, 5) is 12.9. The van der Waals surface area contributed by atoms with Crippen molar-refractivity contribution >= 4 is 21.6 Å². The number of nitrogens with zero attached hydrogens (tertiary/aromatic N) is 1. The number of rotatable bonds is 2. The lowest BCUT2D eigenvalue weighted by molar-refractivity contribution is 0.102. The van der Waals surface area contributed by atoms with E-state index in [1.807, 2.05) is 43.3 Å². The van der Waals surface area contributed by atoms with Gasteiger partial charge in [0.05, 0.1) is 16.1 Å². The Bertz CT molecular complexity index is 1280. The highest BCUT2D eigenvalue weighted by atomic mass is 32.2. The molecule has 0 spiro atoms. The van der Waals surface area contributed by atoms with Crippen LogP contribution in [0, 0.1) is 6.92 Å². The van der Waals surface area contributed by atoms with Crippen LogP contribution in [0.3, 0.4) is 0 Å². The predicted octanol–water partition coefficient (Wildman–Crippen LogP) is 4.10. The van der Waals surface area contributed by atoms with Crippen molar-refractivity contribution in [3.63, 3.8) is 0 Å². The fourth-order valence-electron chi connectivity index (χ4n) is 3.90. The first-order valence-electron chi connectivity index (χ1n) is 9.73. The van der Waals surface area contributed by atoms with Gasteiger partial charge in [0.15, 0.2) is 5.75 Å². The van der Waals surface area contributed by atoms with Crippen molar-refractivity contribution in [2.45, 2.75) is 24.8 Å². The van der Waals surface area contributed by atoms with Gasteiger partial charge in [0.25, 0.3) is 5.91 Å². The van der Waals surface area contributed by atoms with Gasteiger partial charge in [-0.05, 0) is 60.4 Å². The van der Waals surface area contributed by atoms with Crippen molar-refractivity contribution in [2.75, 3.05) is 11.9 Å². The van der Waals surface area contributed by atoms with E-state index in [2.05, 4.69) is 5.32 Å². The number of benzene rings is 3. The topological polar surface area (TPSA) is 75.7 Å². The van der Waals surface area contributed by atoms with E-state index < -0.39 is 15.9 Å². The second-order valence-electron chi connectivity index (χ2n) is 7.57. The molecule has 0 saturated carbocycles. The Balaban J connectivity index is 1.50. The van der Waals surface area contributed by atoms with Crippen LogP contribution in [-0.2, 0) is 23.0 Å². The van der Waals surface area contributed by atoms with Crippen LogP contribution in [0.4, 0.5) is 5.69 Å². The Hall–Kier alpha value is -3.16. The van der Waals surface area contributed by atoms with Crippen LogP contribution in [0.2, 0.25) is 0 Å². The Kier molecular flexibility index (Phi) is 4.38. The fraction of sp³-hybridized carbons (Fsp3) is 0.174. The number of ether oxygens (including phenoxy) is 1. The van der Waals surface area contributed by atoms with E-state index in [1.165, 1.54) is 22.0 Å². The minimum Gasteiger partial charge on any atom is -0.454 e. The third-order valence-electron chi connectivity index (χ3n) is 5.53. The molecule has 7 heteroatoms. The maximum Gasteiger partial charge on any atom is 0.259 e. The number of carbonyl (C=O) groups excluding carboxylic acids is 1. The SMILES string of the molecule is Cc1ccc2c(c1)NC(=O)c1cc(S(=O)(=O)N3CCc4ccccc4C3)ccc1O2. The highest BCUT2D eigenvalue weighted by Gasteiger charge is 2.30. The van der Waals surface area contributed by atoms with Gasteiger partial charge in [0, 0.05) is 13.1 Å². The third kappa shape index (κ3) is 3.16. The number of hydrogen-bond donors (Lipinski definition) is 1. The molecular formula is C23H20N2O4S. The summed E-state index contributed by atoms with van der Waals surface area (Å²) >= 11 is 0. The molecule has 1 N–H and O–H groups in total. The normalized spacial score (nSPS) is 15.8. The lowest BCUT2D eigenvalue weighted by Gasteiger charge is -2.28. The summed E-state index contributed by atoms with van der Waals surface area (Å²) in [5.74, 6) is 0.462. The van der Waals surface area contributed by atoms with E-state index in [1.54, 1.807) is 12.1 Å². The van der Waals surface area contributed by atoms with Gasteiger partial charge in [0.1, 0.15) is 5.75 Å². The number of hydrogen-bond acceptors (Lipinski definition) is 4. The first kappa shape index (κ1) is 18.8. The molecule has 0 aromatic heterocycles. The summed E-state index contributed by atoms with van der Waals surface area (Å²) in [7, 11) is -3.75. The second-order valence-corrected chi connectivity index (χ2v) is 9.51. The molecule has 152 valence electrons. The first-order chi connectivity index (χ1) is 14.4. The van der Waals surface area contributed by atoms with Crippen LogP contribution in [0.5, 0.6) is 11.5 Å². The minimum atomic E-state index is -3.75. The average molecular weight is 420 g/mol. The zero-order chi connectivity index (χ0) is 20.9. The number of sulfonamides is 1. The van der Waals surface area contributed by atoms with E-state index in [4.69, 9.17) is 4.74 Å². The predicted molar refractivity (Wildman–Crippen MR) is 113 cm³/mol. The van der Waals surface area contributed by atoms with Crippen molar-refractivity contribution in [1.82, 2.24) is 4.31 Å². The minimum absolute atomic E-state index is 0.0847. The van der Waals surface area contributed by atoms with Crippen molar-refractivity contribution in [1.29, 1.82) is 0 Å². The monoisotopic (exact) mass is 420 g/mol. The zero-order valence-electron chi connectivity index (χ0n) is 16.4. The summed E-state index contributed by atoms with van der Waals surface area (Å²) in [6.45, 7) is 2.65. The standard InChI is InChI=1S/C23H20N2O4S/c1-15-6-8-22-20(12-15)24-23(26)19-13-18(7-9-21(19)29-22)30(27,28)25-11-10-16-4-2-3-5-17(16)14-25/h2-9,12-13H,10-11,14H2,1H3,(H,24,26). The lowest BCUT2D eigenvalue weighted by Crippen LogP contribution is -2.36. The molecule has 0 aliphatic carbocycles. The van der Waals surface area contributed by atoms with Gasteiger partial charge in [-0.3, -0.25) is 4.79 Å². The molecule has 0 saturated heterocycles. The van der Waals surface area contributed by atoms with Crippen LogP contribution in [0.1, 0.15) is 27.0 Å². The summed E-state index contributed by atoms with van der Waals surface area (Å²) in [5.41, 5.74) is 3.92. The quantitative estimate of drug-likeness (QED) is 0.677. The van der Waals surface area contributed by atoms with Gasteiger partial charge >= 0.3 is 0 Å². The highest BCUT2D eigenvalue weighted by Crippen LogP contribution is 2.37. The maximum absolute atomic E-state index is 13.3. The Morgan fingerprint density at radius 2 is 1.73 bits per heavy atom. The highest BCUT2D eigenvalue weighted by molar-refractivity contribution is 7.89. The molecule has 3 aromatic carbocycles. The molecule has 2 aliphatic heterocycles. The van der Waals surface area contributed by atoms with E-state index >= 15 is 0 Å². The van der Waals surface area contributed by atoms with E-state index in [-0.39, 0.29) is 10.5 Å². The molecular weight excluding hydrogens is 400 g/mol. The number of anilines is 1. The molecule has 2 aliphatic rings. The van der Waals surface area contributed by atoms with Crippen LogP contribution in [0.25, 0.3) is 0 Å². The van der Waals surface area contributed by atoms with Gasteiger partial charge in [-0.25, -0.2) is 8.42 Å². The Morgan fingerprint density at radius 1 is 0.967 bits per heavy atom. The molecule has 1 amide bonds. The van der Waals surface area contributed by atoms with Crippen molar-refractivity contribution in [2.24, 2.45) is 0 Å². The Morgan fingerprint density at radius 3 is 2.57 bits per heavy atom. The molecule has 0 bridgehead atoms. The summed E-state index contributed by atoms with van der Waals surface area (Å²) < 4.78 is 33.9. The molecule has 3 aromatic rings. The average Bonchev–Trinajstić information content (AvgIpc) is 2.88. The first-order valence-corrected chi connectivity index (χ1v) is 11.2. The second kappa shape index (κ2) is 6.97. The van der Waals surface area contributed by atoms with Gasteiger partial charge < -0.3 is 10.1 Å². The van der Waals surface area contributed by atoms with Crippen LogP contribution >= 0.6 is 0 Å². The van der Waals surface area contributed by atoms with Gasteiger partial charge in [0.2, 0.25) is 10.0 Å². The number of nitrogens with one attached hydrogen (secondary N) is 1. The summed E-state index contributed by atoms with van der Waals surface area (Å²) in [5, 5.41) is 2.82. The van der Waals surface area contributed by atoms with Gasteiger partial charge in [-0.15, -0.1) is 0 Å². The Labute approximate surface area is 175 Å². The molecule has 0 fully saturated rings. The van der Waals surface area contributed by atoms with Crippen molar-refractivity contribution in [3.05, 3.63) is 82.9 Å². The molecule has 0 atom stereocenters. The van der Waals surface area contributed by atoms with Gasteiger partial charge in [-0.1, -0.05) is 30.3 Å². The van der Waals surface area contributed by atoms with Crippen LogP contribution in [0.15, 0.2) is 65.6 Å². The molecule has 6 nitrogen and oxygen atoms in total. The summed E-state index contributed by atoms with van der Waals surface area (Å²) in [6.07, 6.45) is 0.665. The lowest BCUT2D eigenvalue weighted by atomic mass is 10.0. The largest absolute Gasteiger partial charge is 0.454 e. The molecule has 0 unspecified atom stereocenters. The number of fused-ring (bicyclic) bond motifs is 3. The number of carbonyl (C=O) groups is 1. The molecule has 30 heavy (non-hydrogen) atoms. The van der Waals surface area contributed by atoms with Crippen molar-refractivity contribution < 1.29 is 17.9 Å². The van der Waals surface area contributed by atoms with Crippen LogP contribution in [-0.4, -0.2) is 25.2 Å². The number of aryl methyl sites for hydroxylation is 1. The van der Waals surface area contributed by atoms with E-state index in [9.17, 15) is 13.2 Å². The van der Waals surface area contributed by atoms with E-state index in [0.29, 0.717) is 36.7 Å². The van der Waals surface area contributed by atoms with Crippen molar-refractivity contribution in [3.8, 4) is 11.5 Å². The summed E-state index contributed by atoms with van der Waals surface area (Å²) in [6, 6.07) is 17.8. The number of amides is 1. The molecule has 2 heterocycles. The van der Waals surface area contributed by atoms with Gasteiger partial charge in [-0.2, -0.15) is 4.31 Å². The fourth-order valence-corrected chi connectivity index (χ4v) is 5.34. The van der Waals surface area contributed by atoms with E-state index in [0.717, 1.165) is 11.1 Å². The smallest absolute Gasteiger partial charge is 0.259 e. The zero-order valence-corrected chi connectivity index (χ0v) is 17.2. The maximum atomic E-state index is 13.3. The van der Waals surface area contributed by atoms with Crippen LogP contribution < -0.4 is 10.1 Å².